The predicted molar refractivity (Wildman–Crippen MR) is 78.4 cm³/mol. The summed E-state index contributed by atoms with van der Waals surface area (Å²) >= 11 is 0. The molecule has 1 saturated heterocycles. The van der Waals surface area contributed by atoms with Crippen LogP contribution >= 0.6 is 0 Å². The van der Waals surface area contributed by atoms with Gasteiger partial charge in [0.25, 0.3) is 0 Å². The standard InChI is InChI=1S/C16H14F3N3O/c17-16(18,19)14-3-1-12(2-4-14)13-5-6-22(9-13)15-20-7-11(10-23)8-21-15/h1-4,7-8,10,13H,5-6,9H2. The summed E-state index contributed by atoms with van der Waals surface area (Å²) in [6.45, 7) is 1.37. The summed E-state index contributed by atoms with van der Waals surface area (Å²) in [4.78, 5) is 20.9. The molecule has 4 nitrogen and oxygen atoms in total. The lowest BCUT2D eigenvalue weighted by Gasteiger charge is -2.16. The quantitative estimate of drug-likeness (QED) is 0.814. The molecule has 1 aromatic carbocycles. The molecule has 1 aromatic heterocycles. The molecule has 0 radical (unpaired) electrons. The Morgan fingerprint density at radius 3 is 2.35 bits per heavy atom. The second-order valence-corrected chi connectivity index (χ2v) is 5.49. The van der Waals surface area contributed by atoms with E-state index in [1.807, 2.05) is 4.90 Å². The second kappa shape index (κ2) is 5.98. The smallest absolute Gasteiger partial charge is 0.340 e. The van der Waals surface area contributed by atoms with E-state index in [2.05, 4.69) is 9.97 Å². The summed E-state index contributed by atoms with van der Waals surface area (Å²) in [7, 11) is 0. The van der Waals surface area contributed by atoms with Crippen LogP contribution in [-0.4, -0.2) is 29.3 Å². The molecule has 0 bridgehead atoms. The van der Waals surface area contributed by atoms with Gasteiger partial charge in [-0.05, 0) is 24.1 Å². The summed E-state index contributed by atoms with van der Waals surface area (Å²) in [6, 6.07) is 5.31. The zero-order chi connectivity index (χ0) is 16.4. The van der Waals surface area contributed by atoms with E-state index in [1.54, 1.807) is 0 Å². The first kappa shape index (κ1) is 15.5. The summed E-state index contributed by atoms with van der Waals surface area (Å²) in [6.07, 6.45) is 0.110. The summed E-state index contributed by atoms with van der Waals surface area (Å²) in [5.41, 5.74) is 0.654. The first-order chi connectivity index (χ1) is 11.0. The number of hydrogen-bond acceptors (Lipinski definition) is 4. The third kappa shape index (κ3) is 3.33. The molecule has 23 heavy (non-hydrogen) atoms. The Balaban J connectivity index is 1.70. The number of halogens is 3. The highest BCUT2D eigenvalue weighted by atomic mass is 19.4. The predicted octanol–water partition coefficient (Wildman–Crippen LogP) is 3.30. The molecule has 0 aliphatic carbocycles. The molecule has 1 aliphatic rings. The number of hydrogen-bond donors (Lipinski definition) is 0. The zero-order valence-corrected chi connectivity index (χ0v) is 12.1. The van der Waals surface area contributed by atoms with Crippen LogP contribution in [-0.2, 0) is 6.18 Å². The number of benzene rings is 1. The van der Waals surface area contributed by atoms with Crippen molar-refractivity contribution in [1.82, 2.24) is 9.97 Å². The van der Waals surface area contributed by atoms with E-state index in [0.29, 0.717) is 24.3 Å². The Morgan fingerprint density at radius 1 is 1.13 bits per heavy atom. The maximum Gasteiger partial charge on any atom is 0.416 e. The van der Waals surface area contributed by atoms with Gasteiger partial charge in [0, 0.05) is 31.4 Å². The monoisotopic (exact) mass is 321 g/mol. The molecule has 2 aromatic rings. The van der Waals surface area contributed by atoms with E-state index in [4.69, 9.17) is 0 Å². The zero-order valence-electron chi connectivity index (χ0n) is 12.1. The third-order valence-electron chi connectivity index (χ3n) is 3.97. The van der Waals surface area contributed by atoms with E-state index in [0.717, 1.165) is 30.7 Å². The topological polar surface area (TPSA) is 46.1 Å². The lowest BCUT2D eigenvalue weighted by Crippen LogP contribution is -2.21. The Morgan fingerprint density at radius 2 is 1.78 bits per heavy atom. The Kier molecular flexibility index (Phi) is 4.02. The van der Waals surface area contributed by atoms with Crippen molar-refractivity contribution in [2.75, 3.05) is 18.0 Å². The molecule has 0 spiro atoms. The van der Waals surface area contributed by atoms with Gasteiger partial charge in [-0.2, -0.15) is 13.2 Å². The van der Waals surface area contributed by atoms with Crippen molar-refractivity contribution in [2.24, 2.45) is 0 Å². The van der Waals surface area contributed by atoms with Crippen molar-refractivity contribution >= 4 is 12.2 Å². The van der Waals surface area contributed by atoms with Crippen LogP contribution in [0.5, 0.6) is 0 Å². The molecular weight excluding hydrogens is 307 g/mol. The fourth-order valence-corrected chi connectivity index (χ4v) is 2.71. The van der Waals surface area contributed by atoms with Gasteiger partial charge in [-0.25, -0.2) is 9.97 Å². The molecule has 1 aliphatic heterocycles. The van der Waals surface area contributed by atoms with E-state index in [9.17, 15) is 18.0 Å². The minimum absolute atomic E-state index is 0.145. The van der Waals surface area contributed by atoms with Crippen LogP contribution in [0.25, 0.3) is 0 Å². The number of nitrogens with zero attached hydrogens (tertiary/aromatic N) is 3. The number of carbonyl (C=O) groups excluding carboxylic acids is 1. The number of alkyl halides is 3. The van der Waals surface area contributed by atoms with Crippen molar-refractivity contribution < 1.29 is 18.0 Å². The highest BCUT2D eigenvalue weighted by Gasteiger charge is 2.31. The van der Waals surface area contributed by atoms with Crippen LogP contribution in [0.15, 0.2) is 36.7 Å². The molecular formula is C16H14F3N3O. The highest BCUT2D eigenvalue weighted by Crippen LogP contribution is 2.33. The molecule has 0 amide bonds. The van der Waals surface area contributed by atoms with Gasteiger partial charge >= 0.3 is 6.18 Å². The van der Waals surface area contributed by atoms with Crippen LogP contribution in [0.2, 0.25) is 0 Å². The SMILES string of the molecule is O=Cc1cnc(N2CCC(c3ccc(C(F)(F)F)cc3)C2)nc1. The average molecular weight is 321 g/mol. The molecule has 0 saturated carbocycles. The van der Waals surface area contributed by atoms with Crippen molar-refractivity contribution in [3.8, 4) is 0 Å². The maximum atomic E-state index is 12.6. The second-order valence-electron chi connectivity index (χ2n) is 5.49. The first-order valence-corrected chi connectivity index (χ1v) is 7.16. The van der Waals surface area contributed by atoms with Gasteiger partial charge in [0.05, 0.1) is 11.1 Å². The van der Waals surface area contributed by atoms with Crippen LogP contribution in [0.1, 0.15) is 33.8 Å². The number of aromatic nitrogens is 2. The van der Waals surface area contributed by atoms with Gasteiger partial charge < -0.3 is 4.90 Å². The Labute approximate surface area is 131 Å². The minimum atomic E-state index is -4.31. The average Bonchev–Trinajstić information content (AvgIpc) is 3.04. The molecule has 1 fully saturated rings. The number of carbonyl (C=O) groups is 1. The normalized spacial score (nSPS) is 18.2. The fourth-order valence-electron chi connectivity index (χ4n) is 2.71. The van der Waals surface area contributed by atoms with Crippen LogP contribution in [0.3, 0.4) is 0 Å². The van der Waals surface area contributed by atoms with Crippen LogP contribution in [0, 0.1) is 0 Å². The lowest BCUT2D eigenvalue weighted by atomic mass is 9.97. The molecule has 7 heteroatoms. The largest absolute Gasteiger partial charge is 0.416 e. The van der Waals surface area contributed by atoms with E-state index < -0.39 is 11.7 Å². The molecule has 2 heterocycles. The number of rotatable bonds is 3. The minimum Gasteiger partial charge on any atom is -0.340 e. The van der Waals surface area contributed by atoms with E-state index in [-0.39, 0.29) is 5.92 Å². The summed E-state index contributed by atoms with van der Waals surface area (Å²) in [5, 5.41) is 0. The van der Waals surface area contributed by atoms with Gasteiger partial charge in [-0.3, -0.25) is 4.79 Å². The van der Waals surface area contributed by atoms with Crippen LogP contribution in [0.4, 0.5) is 19.1 Å². The van der Waals surface area contributed by atoms with Crippen LogP contribution < -0.4 is 4.90 Å². The Bertz CT molecular complexity index is 683. The van der Waals surface area contributed by atoms with Gasteiger partial charge in [0.1, 0.15) is 0 Å². The first-order valence-electron chi connectivity index (χ1n) is 7.16. The summed E-state index contributed by atoms with van der Waals surface area (Å²) < 4.78 is 37.8. The molecule has 0 N–H and O–H groups in total. The van der Waals surface area contributed by atoms with Gasteiger partial charge in [0.2, 0.25) is 5.95 Å². The van der Waals surface area contributed by atoms with Gasteiger partial charge in [-0.1, -0.05) is 12.1 Å². The van der Waals surface area contributed by atoms with E-state index >= 15 is 0 Å². The highest BCUT2D eigenvalue weighted by molar-refractivity contribution is 5.73. The third-order valence-corrected chi connectivity index (χ3v) is 3.97. The van der Waals surface area contributed by atoms with Crippen molar-refractivity contribution in [1.29, 1.82) is 0 Å². The molecule has 1 atom stereocenters. The number of aldehydes is 1. The van der Waals surface area contributed by atoms with Crippen molar-refractivity contribution in [3.63, 3.8) is 0 Å². The summed E-state index contributed by atoms with van der Waals surface area (Å²) in [5.74, 6) is 0.677. The van der Waals surface area contributed by atoms with Gasteiger partial charge in [-0.15, -0.1) is 0 Å². The molecule has 1 unspecified atom stereocenters. The van der Waals surface area contributed by atoms with Crippen molar-refractivity contribution in [2.45, 2.75) is 18.5 Å². The fraction of sp³-hybridized carbons (Fsp3) is 0.312. The van der Waals surface area contributed by atoms with Crippen molar-refractivity contribution in [3.05, 3.63) is 53.3 Å². The maximum absolute atomic E-state index is 12.6. The lowest BCUT2D eigenvalue weighted by molar-refractivity contribution is -0.137. The molecule has 3 rings (SSSR count). The Hall–Kier alpha value is -2.44. The van der Waals surface area contributed by atoms with Gasteiger partial charge in [0.15, 0.2) is 6.29 Å². The van der Waals surface area contributed by atoms with E-state index in [1.165, 1.54) is 24.5 Å². The molecule has 120 valence electrons. The number of anilines is 1.